The molecule has 1 fully saturated rings. The molecular weight excluding hydrogens is 258 g/mol. The van der Waals surface area contributed by atoms with Gasteiger partial charge in [0.2, 0.25) is 0 Å². The van der Waals surface area contributed by atoms with Gasteiger partial charge in [-0.25, -0.2) is 0 Å². The van der Waals surface area contributed by atoms with Crippen molar-refractivity contribution in [3.05, 3.63) is 35.4 Å². The van der Waals surface area contributed by atoms with Crippen LogP contribution in [0.15, 0.2) is 24.3 Å². The summed E-state index contributed by atoms with van der Waals surface area (Å²) in [7, 11) is 0. The van der Waals surface area contributed by atoms with Gasteiger partial charge in [-0.3, -0.25) is 19.3 Å². The first-order valence-corrected chi connectivity index (χ1v) is 6.72. The third-order valence-corrected chi connectivity index (χ3v) is 3.88. The molecule has 1 aliphatic heterocycles. The standard InChI is InChI=1S/C15H15NO4/c1-9(17)20-11-7-6-10(8-11)16-14(18)12-4-2-3-5-13(12)15(16)19/h2-5,10-11H,6-8H2,1H3/t10-,11-/m0/s1. The average molecular weight is 273 g/mol. The summed E-state index contributed by atoms with van der Waals surface area (Å²) in [5.74, 6) is -0.795. The molecule has 0 saturated heterocycles. The van der Waals surface area contributed by atoms with Gasteiger partial charge in [0.05, 0.1) is 11.1 Å². The summed E-state index contributed by atoms with van der Waals surface area (Å²) < 4.78 is 5.16. The highest BCUT2D eigenvalue weighted by molar-refractivity contribution is 6.21. The molecule has 0 bridgehead atoms. The van der Waals surface area contributed by atoms with Crippen molar-refractivity contribution in [1.29, 1.82) is 0 Å². The molecule has 1 aliphatic carbocycles. The van der Waals surface area contributed by atoms with E-state index in [2.05, 4.69) is 0 Å². The van der Waals surface area contributed by atoms with E-state index in [0.717, 1.165) is 0 Å². The molecule has 0 unspecified atom stereocenters. The maximum Gasteiger partial charge on any atom is 0.302 e. The van der Waals surface area contributed by atoms with Gasteiger partial charge in [-0.1, -0.05) is 12.1 Å². The number of esters is 1. The van der Waals surface area contributed by atoms with Crippen LogP contribution < -0.4 is 0 Å². The van der Waals surface area contributed by atoms with Crippen LogP contribution in [-0.2, 0) is 9.53 Å². The molecule has 1 saturated carbocycles. The number of hydrogen-bond acceptors (Lipinski definition) is 4. The lowest BCUT2D eigenvalue weighted by Crippen LogP contribution is -2.38. The zero-order chi connectivity index (χ0) is 14.3. The first kappa shape index (κ1) is 12.8. The van der Waals surface area contributed by atoms with Crippen LogP contribution in [0.4, 0.5) is 0 Å². The van der Waals surface area contributed by atoms with E-state index in [1.165, 1.54) is 11.8 Å². The largest absolute Gasteiger partial charge is 0.462 e. The van der Waals surface area contributed by atoms with E-state index in [0.29, 0.717) is 30.4 Å². The number of nitrogens with zero attached hydrogens (tertiary/aromatic N) is 1. The van der Waals surface area contributed by atoms with E-state index < -0.39 is 0 Å². The lowest BCUT2D eigenvalue weighted by molar-refractivity contribution is -0.146. The number of ether oxygens (including phenoxy) is 1. The van der Waals surface area contributed by atoms with Crippen LogP contribution in [0, 0.1) is 0 Å². The van der Waals surface area contributed by atoms with E-state index >= 15 is 0 Å². The molecule has 0 spiro atoms. The summed E-state index contributed by atoms with van der Waals surface area (Å²) >= 11 is 0. The minimum Gasteiger partial charge on any atom is -0.462 e. The third-order valence-electron chi connectivity index (χ3n) is 3.88. The molecule has 0 aromatic heterocycles. The van der Waals surface area contributed by atoms with Crippen molar-refractivity contribution < 1.29 is 19.1 Å². The van der Waals surface area contributed by atoms with Crippen LogP contribution in [0.25, 0.3) is 0 Å². The van der Waals surface area contributed by atoms with Gasteiger partial charge in [0.1, 0.15) is 6.10 Å². The molecule has 5 nitrogen and oxygen atoms in total. The Morgan fingerprint density at radius 1 is 1.15 bits per heavy atom. The SMILES string of the molecule is CC(=O)O[C@H]1CC[C@H](N2C(=O)c3ccccc3C2=O)C1. The molecule has 3 rings (SSSR count). The van der Waals surface area contributed by atoms with Gasteiger partial charge in [0, 0.05) is 19.4 Å². The van der Waals surface area contributed by atoms with E-state index in [1.807, 2.05) is 0 Å². The smallest absolute Gasteiger partial charge is 0.302 e. The second-order valence-corrected chi connectivity index (χ2v) is 5.22. The third kappa shape index (κ3) is 1.99. The number of hydrogen-bond donors (Lipinski definition) is 0. The van der Waals surface area contributed by atoms with Crippen LogP contribution in [0.1, 0.15) is 46.9 Å². The molecule has 2 atom stereocenters. The minimum atomic E-state index is -0.321. The summed E-state index contributed by atoms with van der Waals surface area (Å²) in [6.45, 7) is 1.37. The lowest BCUT2D eigenvalue weighted by atomic mass is 10.1. The van der Waals surface area contributed by atoms with E-state index in [4.69, 9.17) is 4.74 Å². The summed E-state index contributed by atoms with van der Waals surface area (Å²) in [5.41, 5.74) is 0.932. The number of fused-ring (bicyclic) bond motifs is 1. The van der Waals surface area contributed by atoms with Gasteiger partial charge in [-0.15, -0.1) is 0 Å². The maximum absolute atomic E-state index is 12.3. The molecule has 1 heterocycles. The van der Waals surface area contributed by atoms with Crippen molar-refractivity contribution in [2.45, 2.75) is 38.3 Å². The molecule has 0 radical (unpaired) electrons. The average Bonchev–Trinajstić information content (AvgIpc) is 2.94. The Morgan fingerprint density at radius 3 is 2.30 bits per heavy atom. The molecule has 1 aromatic carbocycles. The fourth-order valence-corrected chi connectivity index (χ4v) is 3.03. The summed E-state index contributed by atoms with van der Waals surface area (Å²) in [5, 5.41) is 0. The first-order chi connectivity index (χ1) is 9.58. The van der Waals surface area contributed by atoms with Gasteiger partial charge in [0.15, 0.2) is 0 Å². The summed E-state index contributed by atoms with van der Waals surface area (Å²) in [6.07, 6.45) is 1.72. The number of imide groups is 1. The fourth-order valence-electron chi connectivity index (χ4n) is 3.03. The molecule has 0 N–H and O–H groups in total. The van der Waals surface area contributed by atoms with Crippen molar-refractivity contribution in [2.75, 3.05) is 0 Å². The molecule has 2 aliphatic rings. The number of carbonyl (C=O) groups excluding carboxylic acids is 3. The molecular formula is C15H15NO4. The molecule has 2 amide bonds. The predicted molar refractivity (Wildman–Crippen MR) is 70.1 cm³/mol. The normalized spacial score (nSPS) is 24.9. The second-order valence-electron chi connectivity index (χ2n) is 5.22. The molecule has 5 heteroatoms. The fraction of sp³-hybridized carbons (Fsp3) is 0.400. The van der Waals surface area contributed by atoms with Crippen LogP contribution in [0.3, 0.4) is 0 Å². The van der Waals surface area contributed by atoms with Crippen molar-refractivity contribution in [2.24, 2.45) is 0 Å². The van der Waals surface area contributed by atoms with E-state index in [9.17, 15) is 14.4 Å². The quantitative estimate of drug-likeness (QED) is 0.608. The first-order valence-electron chi connectivity index (χ1n) is 6.72. The highest BCUT2D eigenvalue weighted by Crippen LogP contribution is 2.32. The summed E-state index contributed by atoms with van der Waals surface area (Å²) in [4.78, 5) is 36.9. The highest BCUT2D eigenvalue weighted by Gasteiger charge is 2.42. The minimum absolute atomic E-state index is 0.174. The van der Waals surface area contributed by atoms with Crippen molar-refractivity contribution in [1.82, 2.24) is 4.90 Å². The number of rotatable bonds is 2. The van der Waals surface area contributed by atoms with E-state index in [-0.39, 0.29) is 29.9 Å². The maximum atomic E-state index is 12.3. The van der Waals surface area contributed by atoms with Crippen molar-refractivity contribution in [3.8, 4) is 0 Å². The van der Waals surface area contributed by atoms with Crippen LogP contribution in [0.2, 0.25) is 0 Å². The summed E-state index contributed by atoms with van der Waals surface area (Å²) in [6, 6.07) is 6.68. The second kappa shape index (κ2) is 4.74. The van der Waals surface area contributed by atoms with Gasteiger partial charge < -0.3 is 4.74 Å². The Hall–Kier alpha value is -2.17. The zero-order valence-corrected chi connectivity index (χ0v) is 11.2. The molecule has 104 valence electrons. The topological polar surface area (TPSA) is 63.7 Å². The Bertz CT molecular complexity index is 560. The van der Waals surface area contributed by atoms with Gasteiger partial charge in [-0.2, -0.15) is 0 Å². The van der Waals surface area contributed by atoms with Gasteiger partial charge in [-0.05, 0) is 25.0 Å². The van der Waals surface area contributed by atoms with Crippen LogP contribution >= 0.6 is 0 Å². The highest BCUT2D eigenvalue weighted by atomic mass is 16.5. The number of amides is 2. The van der Waals surface area contributed by atoms with Crippen LogP contribution in [-0.4, -0.2) is 34.8 Å². The lowest BCUT2D eigenvalue weighted by Gasteiger charge is -2.21. The van der Waals surface area contributed by atoms with Gasteiger partial charge in [0.25, 0.3) is 11.8 Å². The Kier molecular flexibility index (Phi) is 3.04. The molecule has 20 heavy (non-hydrogen) atoms. The van der Waals surface area contributed by atoms with Crippen LogP contribution in [0.5, 0.6) is 0 Å². The van der Waals surface area contributed by atoms with Crippen molar-refractivity contribution >= 4 is 17.8 Å². The van der Waals surface area contributed by atoms with Crippen molar-refractivity contribution in [3.63, 3.8) is 0 Å². The van der Waals surface area contributed by atoms with E-state index in [1.54, 1.807) is 24.3 Å². The Labute approximate surface area is 116 Å². The number of benzene rings is 1. The zero-order valence-electron chi connectivity index (χ0n) is 11.2. The Morgan fingerprint density at radius 2 is 1.75 bits per heavy atom. The Balaban J connectivity index is 1.79. The predicted octanol–water partition coefficient (Wildman–Crippen LogP) is 1.77. The number of carbonyl (C=O) groups is 3. The van der Waals surface area contributed by atoms with Gasteiger partial charge >= 0.3 is 5.97 Å². The monoisotopic (exact) mass is 273 g/mol. The molecule has 1 aromatic rings.